The van der Waals surface area contributed by atoms with Crippen LogP contribution in [0.2, 0.25) is 0 Å². The van der Waals surface area contributed by atoms with Crippen LogP contribution in [0, 0.1) is 23.7 Å². The van der Waals surface area contributed by atoms with Crippen molar-refractivity contribution >= 4 is 23.8 Å². The number of hydrogen-bond acceptors (Lipinski definition) is 6. The molecular formula is C42H46N2O8. The maximum absolute atomic E-state index is 14.2. The minimum absolute atomic E-state index is 0.158. The van der Waals surface area contributed by atoms with E-state index in [-0.39, 0.29) is 13.1 Å². The third-order valence-electron chi connectivity index (χ3n) is 9.43. The Morgan fingerprint density at radius 3 is 1.13 bits per heavy atom. The molecule has 10 heteroatoms. The molecule has 0 radical (unpaired) electrons. The molecule has 1 saturated carbocycles. The van der Waals surface area contributed by atoms with E-state index in [9.17, 15) is 29.4 Å². The molecule has 1 fully saturated rings. The highest BCUT2D eigenvalue weighted by Gasteiger charge is 2.64. The lowest BCUT2D eigenvalue weighted by atomic mass is 9.55. The number of carboxylic acids is 2. The molecule has 0 saturated heterocycles. The largest absolute Gasteiger partial charge is 0.481 e. The number of benzene rings is 4. The second-order valence-electron chi connectivity index (χ2n) is 13.1. The van der Waals surface area contributed by atoms with Gasteiger partial charge < -0.3 is 29.5 Å². The molecule has 0 bridgehead atoms. The first kappa shape index (κ1) is 37.6. The van der Waals surface area contributed by atoms with Gasteiger partial charge in [-0.2, -0.15) is 0 Å². The van der Waals surface area contributed by atoms with E-state index in [4.69, 9.17) is 9.47 Å². The van der Waals surface area contributed by atoms with Crippen LogP contribution in [-0.2, 0) is 32.3 Å². The minimum atomic E-state index is -1.47. The summed E-state index contributed by atoms with van der Waals surface area (Å²) in [5.41, 5.74) is 1.56. The summed E-state index contributed by atoms with van der Waals surface area (Å²) in [5.74, 6) is -6.98. The van der Waals surface area contributed by atoms with Crippen LogP contribution in [0.25, 0.3) is 0 Å². The van der Waals surface area contributed by atoms with Crippen molar-refractivity contribution < 1.29 is 38.9 Å². The molecule has 0 unspecified atom stereocenters. The molecule has 1 aliphatic carbocycles. The van der Waals surface area contributed by atoms with Gasteiger partial charge in [-0.05, 0) is 72.5 Å². The Morgan fingerprint density at radius 1 is 0.500 bits per heavy atom. The summed E-state index contributed by atoms with van der Waals surface area (Å²) in [6, 6.07) is 33.1. The van der Waals surface area contributed by atoms with E-state index >= 15 is 0 Å². The molecule has 2 N–H and O–H groups in total. The lowest BCUT2D eigenvalue weighted by molar-refractivity contribution is -0.187. The Kier molecular flexibility index (Phi) is 13.0. The summed E-state index contributed by atoms with van der Waals surface area (Å²) in [7, 11) is 0. The van der Waals surface area contributed by atoms with Crippen molar-refractivity contribution in [1.29, 1.82) is 0 Å². The molecule has 1 aliphatic rings. The summed E-state index contributed by atoms with van der Waals surface area (Å²) in [6.07, 6.45) is 2.84. The summed E-state index contributed by atoms with van der Waals surface area (Å²) >= 11 is 0. The standard InChI is InChI=1S/C42H46N2O8/c1-3-5-25-43(27-29-17-21-33(22-18-29)51-31-13-9-7-10-14-31)39(45)35-37(41(47)48)36(38(35)42(49)50)40(46)44(26-6-4-2)28-30-19-23-34(24-20-30)52-32-15-11-8-12-16-32/h7-24,35-38H,3-6,25-28H2,1-2H3,(H,47,48)(H,49,50). The fourth-order valence-corrected chi connectivity index (χ4v) is 6.65. The molecule has 2 amide bonds. The highest BCUT2D eigenvalue weighted by Crippen LogP contribution is 2.49. The molecule has 4 aromatic carbocycles. The molecule has 0 atom stereocenters. The molecule has 0 aliphatic heterocycles. The molecule has 0 heterocycles. The zero-order valence-corrected chi connectivity index (χ0v) is 29.6. The molecule has 4 aromatic rings. The molecule has 10 nitrogen and oxygen atoms in total. The molecule has 0 spiro atoms. The highest BCUT2D eigenvalue weighted by molar-refractivity contribution is 5.99. The average molecular weight is 707 g/mol. The van der Waals surface area contributed by atoms with Crippen LogP contribution in [0.1, 0.15) is 50.7 Å². The van der Waals surface area contributed by atoms with E-state index in [1.807, 2.05) is 98.8 Å². The quantitative estimate of drug-likeness (QED) is 0.107. The van der Waals surface area contributed by atoms with Gasteiger partial charge in [-0.3, -0.25) is 19.2 Å². The zero-order valence-electron chi connectivity index (χ0n) is 29.6. The van der Waals surface area contributed by atoms with Gasteiger partial charge in [0.15, 0.2) is 0 Å². The SMILES string of the molecule is CCCCN(Cc1ccc(Oc2ccccc2)cc1)C(=O)C1C(C(=O)O)C(C(=O)N(CCCC)Cc2ccc(Oc3ccccc3)cc2)C1C(=O)O. The van der Waals surface area contributed by atoms with Crippen molar-refractivity contribution in [2.45, 2.75) is 52.6 Å². The second-order valence-corrected chi connectivity index (χ2v) is 13.1. The maximum atomic E-state index is 14.2. The van der Waals surface area contributed by atoms with Crippen LogP contribution >= 0.6 is 0 Å². The number of nitrogens with zero attached hydrogens (tertiary/aromatic N) is 2. The number of carboxylic acid groups (broad SMARTS) is 2. The van der Waals surface area contributed by atoms with E-state index < -0.39 is 47.4 Å². The topological polar surface area (TPSA) is 134 Å². The van der Waals surface area contributed by atoms with Crippen LogP contribution in [0.15, 0.2) is 109 Å². The van der Waals surface area contributed by atoms with E-state index in [2.05, 4.69) is 0 Å². The third kappa shape index (κ3) is 9.37. The zero-order chi connectivity index (χ0) is 37.0. The van der Waals surface area contributed by atoms with Crippen molar-refractivity contribution in [2.75, 3.05) is 13.1 Å². The van der Waals surface area contributed by atoms with Crippen molar-refractivity contribution in [3.8, 4) is 23.0 Å². The molecule has 0 aromatic heterocycles. The third-order valence-corrected chi connectivity index (χ3v) is 9.43. The van der Waals surface area contributed by atoms with Crippen molar-refractivity contribution in [2.24, 2.45) is 23.7 Å². The van der Waals surface area contributed by atoms with Crippen molar-refractivity contribution in [3.05, 3.63) is 120 Å². The number of unbranched alkanes of at least 4 members (excludes halogenated alkanes) is 2. The normalized spacial score (nSPS) is 17.7. The number of rotatable bonds is 18. The number of para-hydroxylation sites is 2. The van der Waals surface area contributed by atoms with E-state index in [1.54, 1.807) is 24.3 Å². The van der Waals surface area contributed by atoms with Gasteiger partial charge in [-0.1, -0.05) is 87.4 Å². The molecule has 5 rings (SSSR count). The Bertz CT molecular complexity index is 1640. The Balaban J connectivity index is 1.33. The molecule has 52 heavy (non-hydrogen) atoms. The van der Waals surface area contributed by atoms with Gasteiger partial charge in [-0.15, -0.1) is 0 Å². The first-order chi connectivity index (χ1) is 25.2. The van der Waals surface area contributed by atoms with Crippen molar-refractivity contribution in [3.63, 3.8) is 0 Å². The van der Waals surface area contributed by atoms with Gasteiger partial charge in [0.1, 0.15) is 23.0 Å². The van der Waals surface area contributed by atoms with Crippen LogP contribution < -0.4 is 9.47 Å². The van der Waals surface area contributed by atoms with Crippen LogP contribution in [-0.4, -0.2) is 56.9 Å². The Labute approximate surface area is 304 Å². The van der Waals surface area contributed by atoms with Crippen LogP contribution in [0.3, 0.4) is 0 Å². The van der Waals surface area contributed by atoms with Gasteiger partial charge >= 0.3 is 11.9 Å². The fourth-order valence-electron chi connectivity index (χ4n) is 6.65. The van der Waals surface area contributed by atoms with Crippen LogP contribution in [0.5, 0.6) is 23.0 Å². The lowest BCUT2D eigenvalue weighted by Crippen LogP contribution is -2.64. The van der Waals surface area contributed by atoms with E-state index in [0.717, 1.165) is 24.0 Å². The highest BCUT2D eigenvalue weighted by atomic mass is 16.5. The predicted octanol–water partition coefficient (Wildman–Crippen LogP) is 7.88. The van der Waals surface area contributed by atoms with Crippen LogP contribution in [0.4, 0.5) is 0 Å². The maximum Gasteiger partial charge on any atom is 0.308 e. The Morgan fingerprint density at radius 2 is 0.827 bits per heavy atom. The summed E-state index contributed by atoms with van der Waals surface area (Å²) in [6.45, 7) is 4.90. The number of hydrogen-bond donors (Lipinski definition) is 2. The van der Waals surface area contributed by atoms with Gasteiger partial charge in [0.2, 0.25) is 11.8 Å². The smallest absolute Gasteiger partial charge is 0.308 e. The first-order valence-electron chi connectivity index (χ1n) is 17.9. The monoisotopic (exact) mass is 706 g/mol. The van der Waals surface area contributed by atoms with Gasteiger partial charge in [0.05, 0.1) is 23.7 Å². The average Bonchev–Trinajstić information content (AvgIpc) is 3.13. The Hall–Kier alpha value is -5.64. The summed E-state index contributed by atoms with van der Waals surface area (Å²) < 4.78 is 11.8. The van der Waals surface area contributed by atoms with E-state index in [1.165, 1.54) is 9.80 Å². The first-order valence-corrected chi connectivity index (χ1v) is 17.9. The summed E-state index contributed by atoms with van der Waals surface area (Å²) in [5, 5.41) is 20.8. The molecular weight excluding hydrogens is 660 g/mol. The number of carbonyl (C=O) groups is 4. The molecule has 272 valence electrons. The summed E-state index contributed by atoms with van der Waals surface area (Å²) in [4.78, 5) is 57.0. The number of carbonyl (C=O) groups excluding carboxylic acids is 2. The fraction of sp³-hybridized carbons (Fsp3) is 0.333. The number of ether oxygens (including phenoxy) is 2. The van der Waals surface area contributed by atoms with E-state index in [0.29, 0.717) is 48.9 Å². The van der Waals surface area contributed by atoms with Crippen molar-refractivity contribution in [1.82, 2.24) is 9.80 Å². The van der Waals surface area contributed by atoms with Gasteiger partial charge in [-0.25, -0.2) is 0 Å². The van der Waals surface area contributed by atoms with Gasteiger partial charge in [0.25, 0.3) is 0 Å². The number of aliphatic carboxylic acids is 2. The minimum Gasteiger partial charge on any atom is -0.481 e. The lowest BCUT2D eigenvalue weighted by Gasteiger charge is -2.48. The van der Waals surface area contributed by atoms with Gasteiger partial charge in [0, 0.05) is 26.2 Å². The second kappa shape index (κ2) is 18.0. The predicted molar refractivity (Wildman–Crippen MR) is 196 cm³/mol. The number of amides is 2.